The van der Waals surface area contributed by atoms with E-state index >= 15 is 0 Å². The first-order chi connectivity index (χ1) is 8.95. The monoisotopic (exact) mass is 280 g/mol. The molecule has 1 unspecified atom stereocenters. The van der Waals surface area contributed by atoms with Gasteiger partial charge in [-0.1, -0.05) is 36.8 Å². The summed E-state index contributed by atoms with van der Waals surface area (Å²) in [6.45, 7) is 3.85. The molecule has 0 saturated heterocycles. The molecule has 0 heterocycles. The third-order valence-electron chi connectivity index (χ3n) is 3.91. The van der Waals surface area contributed by atoms with Crippen molar-refractivity contribution < 1.29 is 14.3 Å². The van der Waals surface area contributed by atoms with Crippen molar-refractivity contribution in [2.75, 3.05) is 7.11 Å². The lowest BCUT2D eigenvalue weighted by atomic mass is 9.89. The first kappa shape index (κ1) is 14.1. The van der Waals surface area contributed by atoms with E-state index < -0.39 is 0 Å². The molecule has 0 fully saturated rings. The molecule has 0 saturated carbocycles. The first-order valence-corrected chi connectivity index (χ1v) is 6.74. The summed E-state index contributed by atoms with van der Waals surface area (Å²) in [7, 11) is 1.37. The van der Waals surface area contributed by atoms with Crippen LogP contribution in [0.2, 0.25) is 0 Å². The summed E-state index contributed by atoms with van der Waals surface area (Å²) in [6.07, 6.45) is 6.30. The van der Waals surface area contributed by atoms with E-state index in [0.29, 0.717) is 11.5 Å². The lowest BCUT2D eigenvalue weighted by molar-refractivity contribution is -0.143. The molecule has 102 valence electrons. The zero-order valence-electron chi connectivity index (χ0n) is 11.3. The van der Waals surface area contributed by atoms with Crippen LogP contribution >= 0.6 is 11.6 Å². The van der Waals surface area contributed by atoms with Crippen molar-refractivity contribution in [2.24, 2.45) is 17.8 Å². The predicted octanol–water partition coefficient (Wildman–Crippen LogP) is 3.01. The Kier molecular flexibility index (Phi) is 3.95. The largest absolute Gasteiger partial charge is 0.469 e. The van der Waals surface area contributed by atoms with Crippen molar-refractivity contribution >= 4 is 23.4 Å². The van der Waals surface area contributed by atoms with Crippen LogP contribution < -0.4 is 0 Å². The highest BCUT2D eigenvalue weighted by Gasteiger charge is 2.34. The number of carbonyl (C=O) groups excluding carboxylic acids is 2. The van der Waals surface area contributed by atoms with Crippen LogP contribution in [0.25, 0.3) is 0 Å². The zero-order chi connectivity index (χ0) is 14.2. The summed E-state index contributed by atoms with van der Waals surface area (Å²) >= 11 is 6.10. The standard InChI is InChI=1S/C15H17ClO3/c1-8-4-5-10(9(2)15(18)19-3)6-12-11(8)7-13(17)14(12)16/h4-6,8-9,11H,7H2,1-3H3/t8-,9?,11+/m0/s1. The van der Waals surface area contributed by atoms with E-state index in [-0.39, 0.29) is 29.5 Å². The molecule has 0 aliphatic heterocycles. The van der Waals surface area contributed by atoms with E-state index in [4.69, 9.17) is 16.3 Å². The molecule has 2 aliphatic carbocycles. The molecule has 0 aromatic heterocycles. The second kappa shape index (κ2) is 5.33. The van der Waals surface area contributed by atoms with Gasteiger partial charge in [0.15, 0.2) is 5.78 Å². The summed E-state index contributed by atoms with van der Waals surface area (Å²) in [4.78, 5) is 23.4. The Bertz CT molecular complexity index is 513. The van der Waals surface area contributed by atoms with E-state index in [0.717, 1.165) is 11.1 Å². The van der Waals surface area contributed by atoms with Gasteiger partial charge in [-0.25, -0.2) is 0 Å². The smallest absolute Gasteiger partial charge is 0.312 e. The third-order valence-corrected chi connectivity index (χ3v) is 4.34. The number of fused-ring (bicyclic) bond motifs is 1. The Balaban J connectivity index is 2.42. The Labute approximate surface area is 118 Å². The van der Waals surface area contributed by atoms with Crippen molar-refractivity contribution in [2.45, 2.75) is 20.3 Å². The van der Waals surface area contributed by atoms with Crippen molar-refractivity contribution in [3.63, 3.8) is 0 Å². The number of ether oxygens (including phenoxy) is 1. The SMILES string of the molecule is COC(=O)C(C)C1=CC2=C(Cl)C(=O)C[C@@H]2[C@@H](C)C=C1. The highest BCUT2D eigenvalue weighted by Crippen LogP contribution is 2.41. The van der Waals surface area contributed by atoms with Gasteiger partial charge in [0.1, 0.15) is 0 Å². The minimum absolute atomic E-state index is 0.00913. The summed E-state index contributed by atoms with van der Waals surface area (Å²) in [6, 6.07) is 0. The number of hydrogen-bond donors (Lipinski definition) is 0. The van der Waals surface area contributed by atoms with Crippen molar-refractivity contribution in [1.82, 2.24) is 0 Å². The van der Waals surface area contributed by atoms with Gasteiger partial charge in [-0.15, -0.1) is 0 Å². The fourth-order valence-corrected chi connectivity index (χ4v) is 2.84. The Hall–Kier alpha value is -1.35. The van der Waals surface area contributed by atoms with Crippen LogP contribution in [0.3, 0.4) is 0 Å². The highest BCUT2D eigenvalue weighted by atomic mass is 35.5. The molecule has 0 aromatic carbocycles. The second-order valence-corrected chi connectivity index (χ2v) is 5.49. The van der Waals surface area contributed by atoms with Crippen LogP contribution in [-0.2, 0) is 14.3 Å². The first-order valence-electron chi connectivity index (χ1n) is 6.36. The van der Waals surface area contributed by atoms with E-state index in [2.05, 4.69) is 6.92 Å². The normalized spacial score (nSPS) is 27.8. The molecule has 3 nitrogen and oxygen atoms in total. The maximum absolute atomic E-state index is 11.7. The predicted molar refractivity (Wildman–Crippen MR) is 73.6 cm³/mol. The number of carbonyl (C=O) groups is 2. The number of halogens is 1. The number of ketones is 1. The minimum Gasteiger partial charge on any atom is -0.469 e. The van der Waals surface area contributed by atoms with Crippen LogP contribution in [0.1, 0.15) is 20.3 Å². The zero-order valence-corrected chi connectivity index (χ0v) is 12.0. The van der Waals surface area contributed by atoms with Gasteiger partial charge in [-0.3, -0.25) is 9.59 Å². The maximum atomic E-state index is 11.7. The molecule has 4 heteroatoms. The van der Waals surface area contributed by atoms with Gasteiger partial charge in [0.2, 0.25) is 0 Å². The van der Waals surface area contributed by atoms with E-state index in [1.54, 1.807) is 6.92 Å². The lowest BCUT2D eigenvalue weighted by Crippen LogP contribution is -2.14. The van der Waals surface area contributed by atoms with E-state index in [1.807, 2.05) is 18.2 Å². The summed E-state index contributed by atoms with van der Waals surface area (Å²) in [5.41, 5.74) is 1.69. The maximum Gasteiger partial charge on any atom is 0.312 e. The van der Waals surface area contributed by atoms with Crippen LogP contribution in [-0.4, -0.2) is 18.9 Å². The minimum atomic E-state index is -0.361. The molecule has 2 rings (SSSR count). The third kappa shape index (κ3) is 2.52. The van der Waals surface area contributed by atoms with Crippen molar-refractivity contribution in [1.29, 1.82) is 0 Å². The molecule has 0 radical (unpaired) electrons. The van der Waals surface area contributed by atoms with E-state index in [1.165, 1.54) is 7.11 Å². The average molecular weight is 281 g/mol. The van der Waals surface area contributed by atoms with Crippen LogP contribution in [0.5, 0.6) is 0 Å². The topological polar surface area (TPSA) is 43.4 Å². The van der Waals surface area contributed by atoms with Crippen LogP contribution in [0.4, 0.5) is 0 Å². The Morgan fingerprint density at radius 3 is 2.84 bits per heavy atom. The Morgan fingerprint density at radius 1 is 1.53 bits per heavy atom. The fraction of sp³-hybridized carbons (Fsp3) is 0.467. The Morgan fingerprint density at radius 2 is 2.21 bits per heavy atom. The van der Waals surface area contributed by atoms with Gasteiger partial charge in [0.25, 0.3) is 0 Å². The number of methoxy groups -OCH3 is 1. The van der Waals surface area contributed by atoms with Crippen LogP contribution in [0.15, 0.2) is 34.4 Å². The molecule has 0 amide bonds. The van der Waals surface area contributed by atoms with Crippen LogP contribution in [0, 0.1) is 17.8 Å². The molecule has 19 heavy (non-hydrogen) atoms. The number of allylic oxidation sites excluding steroid dienone is 5. The van der Waals surface area contributed by atoms with Crippen molar-refractivity contribution in [3.8, 4) is 0 Å². The number of esters is 1. The van der Waals surface area contributed by atoms with E-state index in [9.17, 15) is 9.59 Å². The molecule has 0 aromatic rings. The number of Topliss-reactive ketones (excluding diaryl/α,β-unsaturated/α-hetero) is 1. The fourth-order valence-electron chi connectivity index (χ4n) is 2.57. The summed E-state index contributed by atoms with van der Waals surface area (Å²) in [5, 5.41) is 0.315. The van der Waals surface area contributed by atoms with Gasteiger partial charge in [-0.05, 0) is 29.9 Å². The highest BCUT2D eigenvalue weighted by molar-refractivity contribution is 6.44. The molecule has 0 N–H and O–H groups in total. The summed E-state index contributed by atoms with van der Waals surface area (Å²) < 4.78 is 4.76. The average Bonchev–Trinajstić information content (AvgIpc) is 2.59. The van der Waals surface area contributed by atoms with Crippen molar-refractivity contribution in [3.05, 3.63) is 34.4 Å². The quantitative estimate of drug-likeness (QED) is 0.730. The second-order valence-electron chi connectivity index (χ2n) is 5.11. The molecule has 0 spiro atoms. The van der Waals surface area contributed by atoms with Gasteiger partial charge >= 0.3 is 5.97 Å². The molecular formula is C15H17ClO3. The van der Waals surface area contributed by atoms with Gasteiger partial charge in [0.05, 0.1) is 18.1 Å². The molecular weight excluding hydrogens is 264 g/mol. The molecule has 2 aliphatic rings. The summed E-state index contributed by atoms with van der Waals surface area (Å²) in [5.74, 6) is -0.305. The number of rotatable bonds is 2. The van der Waals surface area contributed by atoms with Gasteiger partial charge in [-0.2, -0.15) is 0 Å². The van der Waals surface area contributed by atoms with Gasteiger partial charge in [0, 0.05) is 6.42 Å². The van der Waals surface area contributed by atoms with Gasteiger partial charge < -0.3 is 4.74 Å². The lowest BCUT2D eigenvalue weighted by Gasteiger charge is -2.15. The number of hydrogen-bond acceptors (Lipinski definition) is 3. The molecule has 3 atom stereocenters. The molecule has 0 bridgehead atoms.